The molecule has 0 aromatic heterocycles. The number of hydrogen-bond acceptors (Lipinski definition) is 3. The van der Waals surface area contributed by atoms with Gasteiger partial charge in [-0.3, -0.25) is 9.59 Å². The van der Waals surface area contributed by atoms with E-state index in [2.05, 4.69) is 5.32 Å². The van der Waals surface area contributed by atoms with E-state index in [1.165, 1.54) is 0 Å². The van der Waals surface area contributed by atoms with E-state index >= 15 is 0 Å². The fraction of sp³-hybridized carbons (Fsp3) is 0.529. The van der Waals surface area contributed by atoms with E-state index in [1.807, 2.05) is 38.1 Å². The zero-order valence-electron chi connectivity index (χ0n) is 13.7. The molecule has 0 saturated carbocycles. The Labute approximate surface area is 132 Å². The zero-order valence-corrected chi connectivity index (χ0v) is 13.7. The number of para-hydroxylation sites is 1. The van der Waals surface area contributed by atoms with Crippen LogP contribution in [0.15, 0.2) is 24.3 Å². The van der Waals surface area contributed by atoms with Gasteiger partial charge >= 0.3 is 0 Å². The number of ether oxygens (including phenoxy) is 1. The second kappa shape index (κ2) is 9.82. The van der Waals surface area contributed by atoms with Gasteiger partial charge in [0.25, 0.3) is 0 Å². The van der Waals surface area contributed by atoms with Gasteiger partial charge in [0.1, 0.15) is 5.75 Å². The molecular weight excluding hydrogens is 280 g/mol. The molecule has 0 unspecified atom stereocenters. The van der Waals surface area contributed by atoms with Crippen molar-refractivity contribution in [2.24, 2.45) is 0 Å². The molecule has 0 bridgehead atoms. The second-order valence-corrected chi connectivity index (χ2v) is 5.07. The third kappa shape index (κ3) is 5.76. The first-order valence-electron chi connectivity index (χ1n) is 7.78. The van der Waals surface area contributed by atoms with E-state index in [0.717, 1.165) is 17.7 Å². The molecule has 0 aliphatic rings. The van der Waals surface area contributed by atoms with Gasteiger partial charge in [-0.2, -0.15) is 0 Å². The molecule has 0 saturated heterocycles. The predicted molar refractivity (Wildman–Crippen MR) is 86.9 cm³/mol. The van der Waals surface area contributed by atoms with E-state index in [1.54, 1.807) is 12.0 Å². The van der Waals surface area contributed by atoms with Crippen molar-refractivity contribution in [3.05, 3.63) is 29.8 Å². The summed E-state index contributed by atoms with van der Waals surface area (Å²) in [6.07, 6.45) is 1.98. The number of carbonyl (C=O) groups excluding carboxylic acids is 2. The molecule has 122 valence electrons. The molecule has 1 rings (SSSR count). The maximum Gasteiger partial charge on any atom is 0.239 e. The number of likely N-dealkylation sites (N-methyl/N-ethyl adjacent to an activating group) is 1. The van der Waals surface area contributed by atoms with Crippen molar-refractivity contribution in [1.29, 1.82) is 0 Å². The van der Waals surface area contributed by atoms with Gasteiger partial charge in [-0.05, 0) is 31.4 Å². The molecule has 0 atom stereocenters. The minimum atomic E-state index is -0.124. The molecule has 0 spiro atoms. The molecule has 2 amide bonds. The maximum absolute atomic E-state index is 11.9. The molecule has 0 radical (unpaired) electrons. The Balaban J connectivity index is 2.41. The maximum atomic E-state index is 11.9. The van der Waals surface area contributed by atoms with Crippen LogP contribution in [0.1, 0.15) is 32.3 Å². The van der Waals surface area contributed by atoms with Crippen LogP contribution < -0.4 is 10.1 Å². The van der Waals surface area contributed by atoms with Crippen LogP contribution in [-0.2, 0) is 16.0 Å². The number of nitrogens with zero attached hydrogens (tertiary/aromatic N) is 1. The molecule has 22 heavy (non-hydrogen) atoms. The fourth-order valence-electron chi connectivity index (χ4n) is 2.22. The summed E-state index contributed by atoms with van der Waals surface area (Å²) in [7, 11) is 1.63. The molecule has 0 fully saturated rings. The van der Waals surface area contributed by atoms with Gasteiger partial charge in [0.05, 0.1) is 13.7 Å². The number of rotatable bonds is 9. The first-order chi connectivity index (χ1) is 10.6. The Morgan fingerprint density at radius 1 is 1.23 bits per heavy atom. The van der Waals surface area contributed by atoms with E-state index in [0.29, 0.717) is 25.9 Å². The summed E-state index contributed by atoms with van der Waals surface area (Å²) < 4.78 is 5.28. The Kier molecular flexibility index (Phi) is 8.04. The first kappa shape index (κ1) is 18.0. The van der Waals surface area contributed by atoms with E-state index < -0.39 is 0 Å². The van der Waals surface area contributed by atoms with Crippen LogP contribution in [0.4, 0.5) is 0 Å². The van der Waals surface area contributed by atoms with Gasteiger partial charge in [-0.1, -0.05) is 25.1 Å². The summed E-state index contributed by atoms with van der Waals surface area (Å²) >= 11 is 0. The van der Waals surface area contributed by atoms with E-state index in [-0.39, 0.29) is 18.4 Å². The smallest absolute Gasteiger partial charge is 0.239 e. The van der Waals surface area contributed by atoms with Gasteiger partial charge in [0, 0.05) is 19.5 Å². The molecule has 1 N–H and O–H groups in total. The van der Waals surface area contributed by atoms with Crippen molar-refractivity contribution in [3.8, 4) is 5.75 Å². The molecule has 5 nitrogen and oxygen atoms in total. The summed E-state index contributed by atoms with van der Waals surface area (Å²) in [6.45, 7) is 5.05. The van der Waals surface area contributed by atoms with Gasteiger partial charge in [0.15, 0.2) is 0 Å². The quantitative estimate of drug-likeness (QED) is 0.759. The first-order valence-corrected chi connectivity index (χ1v) is 7.78. The van der Waals surface area contributed by atoms with Crippen LogP contribution in [0.2, 0.25) is 0 Å². The summed E-state index contributed by atoms with van der Waals surface area (Å²) in [6, 6.07) is 7.74. The van der Waals surface area contributed by atoms with Crippen LogP contribution in [0.25, 0.3) is 0 Å². The Bertz CT molecular complexity index is 489. The van der Waals surface area contributed by atoms with Crippen LogP contribution in [0.3, 0.4) is 0 Å². The fourth-order valence-corrected chi connectivity index (χ4v) is 2.22. The molecule has 5 heteroatoms. The molecule has 1 aromatic carbocycles. The third-order valence-electron chi connectivity index (χ3n) is 3.44. The lowest BCUT2D eigenvalue weighted by Gasteiger charge is -2.20. The average molecular weight is 306 g/mol. The zero-order chi connectivity index (χ0) is 16.4. The van der Waals surface area contributed by atoms with Crippen LogP contribution in [0, 0.1) is 0 Å². The number of nitrogens with one attached hydrogen (secondary N) is 1. The molecule has 1 aromatic rings. The standard InChI is InChI=1S/C17H26N2O3/c1-4-8-17(21)19(5-2)13-16(20)18-12-11-14-9-6-7-10-15(14)22-3/h6-7,9-10H,4-5,8,11-13H2,1-3H3,(H,18,20). The number of carbonyl (C=O) groups is 2. The monoisotopic (exact) mass is 306 g/mol. The lowest BCUT2D eigenvalue weighted by atomic mass is 10.1. The summed E-state index contributed by atoms with van der Waals surface area (Å²) in [4.78, 5) is 25.3. The molecule has 0 heterocycles. The largest absolute Gasteiger partial charge is 0.496 e. The Morgan fingerprint density at radius 2 is 1.95 bits per heavy atom. The minimum Gasteiger partial charge on any atom is -0.496 e. The number of methoxy groups -OCH3 is 1. The number of benzene rings is 1. The summed E-state index contributed by atoms with van der Waals surface area (Å²) in [5.74, 6) is 0.733. The highest BCUT2D eigenvalue weighted by atomic mass is 16.5. The normalized spacial score (nSPS) is 10.1. The van der Waals surface area contributed by atoms with Gasteiger partial charge in [-0.15, -0.1) is 0 Å². The van der Waals surface area contributed by atoms with Crippen LogP contribution in [0.5, 0.6) is 5.75 Å². The van der Waals surface area contributed by atoms with E-state index in [9.17, 15) is 9.59 Å². The molecular formula is C17H26N2O3. The van der Waals surface area contributed by atoms with Gasteiger partial charge in [0.2, 0.25) is 11.8 Å². The minimum absolute atomic E-state index is 0.0323. The lowest BCUT2D eigenvalue weighted by molar-refractivity contribution is -0.135. The highest BCUT2D eigenvalue weighted by molar-refractivity contribution is 5.84. The highest BCUT2D eigenvalue weighted by Crippen LogP contribution is 2.17. The van der Waals surface area contributed by atoms with Crippen LogP contribution >= 0.6 is 0 Å². The number of amides is 2. The third-order valence-corrected chi connectivity index (χ3v) is 3.44. The Hall–Kier alpha value is -2.04. The molecule has 0 aliphatic carbocycles. The Morgan fingerprint density at radius 3 is 2.59 bits per heavy atom. The van der Waals surface area contributed by atoms with Crippen molar-refractivity contribution in [3.63, 3.8) is 0 Å². The van der Waals surface area contributed by atoms with Crippen LogP contribution in [-0.4, -0.2) is 43.5 Å². The molecule has 0 aliphatic heterocycles. The van der Waals surface area contributed by atoms with Gasteiger partial charge in [-0.25, -0.2) is 0 Å². The summed E-state index contributed by atoms with van der Waals surface area (Å²) in [5.41, 5.74) is 1.06. The van der Waals surface area contributed by atoms with Crippen molar-refractivity contribution in [2.75, 3.05) is 26.7 Å². The topological polar surface area (TPSA) is 58.6 Å². The number of hydrogen-bond donors (Lipinski definition) is 1. The SMILES string of the molecule is CCCC(=O)N(CC)CC(=O)NCCc1ccccc1OC. The van der Waals surface area contributed by atoms with Crippen molar-refractivity contribution >= 4 is 11.8 Å². The average Bonchev–Trinajstić information content (AvgIpc) is 2.53. The lowest BCUT2D eigenvalue weighted by Crippen LogP contribution is -2.41. The van der Waals surface area contributed by atoms with Gasteiger partial charge < -0.3 is 15.0 Å². The highest BCUT2D eigenvalue weighted by Gasteiger charge is 2.14. The van der Waals surface area contributed by atoms with E-state index in [4.69, 9.17) is 4.74 Å². The predicted octanol–water partition coefficient (Wildman–Crippen LogP) is 2.00. The second-order valence-electron chi connectivity index (χ2n) is 5.07. The van der Waals surface area contributed by atoms with Crippen molar-refractivity contribution < 1.29 is 14.3 Å². The van der Waals surface area contributed by atoms with Crippen molar-refractivity contribution in [1.82, 2.24) is 10.2 Å². The summed E-state index contributed by atoms with van der Waals surface area (Å²) in [5, 5.41) is 2.86. The van der Waals surface area contributed by atoms with Crippen molar-refractivity contribution in [2.45, 2.75) is 33.1 Å².